The lowest BCUT2D eigenvalue weighted by molar-refractivity contribution is -0.133. The molecule has 4 heteroatoms. The molecule has 0 spiro atoms. The first-order valence-electron chi connectivity index (χ1n) is 8.66. The van der Waals surface area contributed by atoms with Crippen LogP contribution in [0.1, 0.15) is 42.4 Å². The summed E-state index contributed by atoms with van der Waals surface area (Å²) in [5, 5.41) is 8.88. The van der Waals surface area contributed by atoms with E-state index in [0.29, 0.717) is 30.6 Å². The van der Waals surface area contributed by atoms with Crippen LogP contribution in [0.4, 0.5) is 4.39 Å². The Balaban J connectivity index is 1.69. The van der Waals surface area contributed by atoms with Crippen molar-refractivity contribution in [3.63, 3.8) is 0 Å². The number of nitriles is 1. The standard InChI is InChI=1S/C21H21FN2O/c1-2-11-24(14-16-9-7-15(13-23)8-10-16)21(25)19-12-18(19)17-5-3-4-6-20(17)22/h3-10,18-19H,2,11-12,14H2,1H3. The van der Waals surface area contributed by atoms with Crippen molar-refractivity contribution in [1.29, 1.82) is 5.26 Å². The maximum absolute atomic E-state index is 13.9. The Morgan fingerprint density at radius 1 is 1.24 bits per heavy atom. The molecular formula is C21H21FN2O. The first kappa shape index (κ1) is 17.2. The Kier molecular flexibility index (Phi) is 5.14. The number of carbonyl (C=O) groups excluding carboxylic acids is 1. The second kappa shape index (κ2) is 7.48. The van der Waals surface area contributed by atoms with E-state index in [-0.39, 0.29) is 23.6 Å². The highest BCUT2D eigenvalue weighted by molar-refractivity contribution is 5.83. The van der Waals surface area contributed by atoms with E-state index >= 15 is 0 Å². The first-order chi connectivity index (χ1) is 12.1. The average Bonchev–Trinajstić information content (AvgIpc) is 3.42. The maximum Gasteiger partial charge on any atom is 0.226 e. The van der Waals surface area contributed by atoms with Gasteiger partial charge in [0.2, 0.25) is 5.91 Å². The summed E-state index contributed by atoms with van der Waals surface area (Å²) in [6.07, 6.45) is 1.59. The number of nitrogens with zero attached hydrogens (tertiary/aromatic N) is 2. The molecule has 0 aliphatic heterocycles. The molecule has 1 fully saturated rings. The molecule has 0 N–H and O–H groups in total. The SMILES string of the molecule is CCCN(Cc1ccc(C#N)cc1)C(=O)C1CC1c1ccccc1F. The van der Waals surface area contributed by atoms with Crippen LogP contribution < -0.4 is 0 Å². The van der Waals surface area contributed by atoms with E-state index in [9.17, 15) is 9.18 Å². The molecule has 0 radical (unpaired) electrons. The number of rotatable bonds is 6. The summed E-state index contributed by atoms with van der Waals surface area (Å²) in [6.45, 7) is 3.25. The van der Waals surface area contributed by atoms with Crippen molar-refractivity contribution in [1.82, 2.24) is 4.90 Å². The molecule has 0 heterocycles. The van der Waals surface area contributed by atoms with Gasteiger partial charge in [0.05, 0.1) is 11.6 Å². The summed E-state index contributed by atoms with van der Waals surface area (Å²) in [4.78, 5) is 14.7. The van der Waals surface area contributed by atoms with E-state index < -0.39 is 0 Å². The number of carbonyl (C=O) groups is 1. The highest BCUT2D eigenvalue weighted by atomic mass is 19.1. The molecule has 2 aromatic carbocycles. The number of hydrogen-bond donors (Lipinski definition) is 0. The normalized spacial score (nSPS) is 18.4. The maximum atomic E-state index is 13.9. The minimum Gasteiger partial charge on any atom is -0.338 e. The van der Waals surface area contributed by atoms with Gasteiger partial charge in [-0.2, -0.15) is 5.26 Å². The third-order valence-electron chi connectivity index (χ3n) is 4.67. The second-order valence-corrected chi connectivity index (χ2v) is 6.54. The van der Waals surface area contributed by atoms with Crippen LogP contribution in [-0.2, 0) is 11.3 Å². The molecule has 2 unspecified atom stereocenters. The molecule has 2 aromatic rings. The fourth-order valence-corrected chi connectivity index (χ4v) is 3.26. The second-order valence-electron chi connectivity index (χ2n) is 6.54. The van der Waals surface area contributed by atoms with Crippen molar-refractivity contribution >= 4 is 5.91 Å². The highest BCUT2D eigenvalue weighted by Gasteiger charge is 2.46. The fourth-order valence-electron chi connectivity index (χ4n) is 3.26. The van der Waals surface area contributed by atoms with Crippen LogP contribution in [0.3, 0.4) is 0 Å². The molecule has 1 saturated carbocycles. The zero-order valence-electron chi connectivity index (χ0n) is 14.3. The highest BCUT2D eigenvalue weighted by Crippen LogP contribution is 2.49. The zero-order chi connectivity index (χ0) is 17.8. The van der Waals surface area contributed by atoms with Gasteiger partial charge in [-0.15, -0.1) is 0 Å². The van der Waals surface area contributed by atoms with Crippen molar-refractivity contribution in [3.05, 3.63) is 71.0 Å². The number of amides is 1. The Morgan fingerprint density at radius 2 is 1.96 bits per heavy atom. The average molecular weight is 336 g/mol. The Labute approximate surface area is 147 Å². The summed E-state index contributed by atoms with van der Waals surface area (Å²) in [6, 6.07) is 16.1. The molecule has 0 bridgehead atoms. The van der Waals surface area contributed by atoms with Crippen LogP contribution in [0, 0.1) is 23.1 Å². The van der Waals surface area contributed by atoms with Gasteiger partial charge in [-0.3, -0.25) is 4.79 Å². The molecular weight excluding hydrogens is 315 g/mol. The van der Waals surface area contributed by atoms with E-state index in [0.717, 1.165) is 12.0 Å². The number of benzene rings is 2. The van der Waals surface area contributed by atoms with Gasteiger partial charge in [-0.05, 0) is 48.1 Å². The van der Waals surface area contributed by atoms with Crippen molar-refractivity contribution < 1.29 is 9.18 Å². The topological polar surface area (TPSA) is 44.1 Å². The number of hydrogen-bond acceptors (Lipinski definition) is 2. The molecule has 0 saturated heterocycles. The van der Waals surface area contributed by atoms with Crippen LogP contribution in [0.5, 0.6) is 0 Å². The Hall–Kier alpha value is -2.67. The minimum atomic E-state index is -0.225. The first-order valence-corrected chi connectivity index (χ1v) is 8.66. The van der Waals surface area contributed by atoms with Gasteiger partial charge in [0.15, 0.2) is 0 Å². The molecule has 128 valence electrons. The molecule has 1 aliphatic rings. The quantitative estimate of drug-likeness (QED) is 0.792. The van der Waals surface area contributed by atoms with Crippen LogP contribution in [0.15, 0.2) is 48.5 Å². The van der Waals surface area contributed by atoms with Gasteiger partial charge < -0.3 is 4.90 Å². The molecule has 1 amide bonds. The predicted molar refractivity (Wildman–Crippen MR) is 94.1 cm³/mol. The van der Waals surface area contributed by atoms with E-state index in [1.165, 1.54) is 6.07 Å². The van der Waals surface area contributed by atoms with Gasteiger partial charge in [-0.1, -0.05) is 37.3 Å². The monoisotopic (exact) mass is 336 g/mol. The molecule has 1 aliphatic carbocycles. The predicted octanol–water partition coefficient (Wildman–Crippen LogP) is 4.24. The van der Waals surface area contributed by atoms with Crippen LogP contribution in [0.25, 0.3) is 0 Å². The lowest BCUT2D eigenvalue weighted by Gasteiger charge is -2.22. The lowest BCUT2D eigenvalue weighted by atomic mass is 10.1. The Morgan fingerprint density at radius 3 is 2.60 bits per heavy atom. The summed E-state index contributed by atoms with van der Waals surface area (Å²) in [5.41, 5.74) is 2.26. The van der Waals surface area contributed by atoms with Crippen LogP contribution in [0.2, 0.25) is 0 Å². The van der Waals surface area contributed by atoms with Crippen molar-refractivity contribution in [2.45, 2.75) is 32.2 Å². The van der Waals surface area contributed by atoms with E-state index in [2.05, 4.69) is 6.07 Å². The summed E-state index contributed by atoms with van der Waals surface area (Å²) in [7, 11) is 0. The van der Waals surface area contributed by atoms with Gasteiger partial charge >= 0.3 is 0 Å². The summed E-state index contributed by atoms with van der Waals surface area (Å²) >= 11 is 0. The van der Waals surface area contributed by atoms with Crippen LogP contribution in [-0.4, -0.2) is 17.4 Å². The molecule has 0 aromatic heterocycles. The third-order valence-corrected chi connectivity index (χ3v) is 4.67. The smallest absolute Gasteiger partial charge is 0.226 e. The van der Waals surface area contributed by atoms with E-state index in [1.807, 2.05) is 30.0 Å². The van der Waals surface area contributed by atoms with Crippen molar-refractivity contribution in [2.75, 3.05) is 6.54 Å². The van der Waals surface area contributed by atoms with Gasteiger partial charge in [-0.25, -0.2) is 4.39 Å². The summed E-state index contributed by atoms with van der Waals surface area (Å²) < 4.78 is 13.9. The molecule has 3 nitrogen and oxygen atoms in total. The van der Waals surface area contributed by atoms with E-state index in [4.69, 9.17) is 5.26 Å². The van der Waals surface area contributed by atoms with Crippen molar-refractivity contribution in [3.8, 4) is 6.07 Å². The molecule has 2 atom stereocenters. The minimum absolute atomic E-state index is 0.00554. The van der Waals surface area contributed by atoms with Gasteiger partial charge in [0.25, 0.3) is 0 Å². The van der Waals surface area contributed by atoms with Gasteiger partial charge in [0, 0.05) is 19.0 Å². The summed E-state index contributed by atoms with van der Waals surface area (Å²) in [5.74, 6) is -0.257. The zero-order valence-corrected chi connectivity index (χ0v) is 14.3. The Bertz CT molecular complexity index is 794. The van der Waals surface area contributed by atoms with Crippen molar-refractivity contribution in [2.24, 2.45) is 5.92 Å². The fraction of sp³-hybridized carbons (Fsp3) is 0.333. The van der Waals surface area contributed by atoms with Crippen LogP contribution >= 0.6 is 0 Å². The largest absolute Gasteiger partial charge is 0.338 e. The lowest BCUT2D eigenvalue weighted by Crippen LogP contribution is -2.32. The third kappa shape index (κ3) is 3.88. The molecule has 25 heavy (non-hydrogen) atoms. The number of halogens is 1. The van der Waals surface area contributed by atoms with Gasteiger partial charge in [0.1, 0.15) is 5.82 Å². The van der Waals surface area contributed by atoms with E-state index in [1.54, 1.807) is 24.3 Å². The molecule has 3 rings (SSSR count).